The van der Waals surface area contributed by atoms with E-state index in [0.29, 0.717) is 6.61 Å². The molecule has 0 aromatic heterocycles. The van der Waals surface area contributed by atoms with E-state index in [1.165, 1.54) is 0 Å². The van der Waals surface area contributed by atoms with Crippen LogP contribution in [0.2, 0.25) is 0 Å². The predicted octanol–water partition coefficient (Wildman–Crippen LogP) is 3.63. The van der Waals surface area contributed by atoms with Crippen molar-refractivity contribution in [2.24, 2.45) is 16.2 Å². The number of anilines is 1. The molecule has 0 saturated heterocycles. The lowest BCUT2D eigenvalue weighted by atomic mass is 10.1. The van der Waals surface area contributed by atoms with Gasteiger partial charge in [-0.25, -0.2) is 0 Å². The Balaban J connectivity index is 2.29. The van der Waals surface area contributed by atoms with Crippen molar-refractivity contribution in [2.75, 3.05) is 19.0 Å². The lowest BCUT2D eigenvalue weighted by Crippen LogP contribution is -2.11. The molecule has 0 bridgehead atoms. The first-order valence-corrected chi connectivity index (χ1v) is 6.96. The maximum Gasteiger partial charge on any atom is 0.150 e. The van der Waals surface area contributed by atoms with Crippen LogP contribution in [0.1, 0.15) is 11.1 Å². The van der Waals surface area contributed by atoms with Gasteiger partial charge in [0.15, 0.2) is 0 Å². The maximum atomic E-state index is 6.05. The van der Waals surface area contributed by atoms with Gasteiger partial charge >= 0.3 is 0 Å². The normalized spacial score (nSPS) is 11.2. The third kappa shape index (κ3) is 4.09. The zero-order valence-electron chi connectivity index (χ0n) is 12.8. The molecule has 2 aromatic rings. The standard InChI is InChI=1S/C17H20N4O/c1-21(2)16-10-6-9-15(11-12-19-20-18)17(16)22-13-14-7-4-3-5-8-14/h3-12H,13H2,1-2H3,(H2,18,19)/b12-11+. The molecule has 0 atom stereocenters. The van der Waals surface area contributed by atoms with Gasteiger partial charge in [0.1, 0.15) is 12.4 Å². The molecule has 5 nitrogen and oxygen atoms in total. The first-order chi connectivity index (χ1) is 10.7. The minimum absolute atomic E-state index is 0.505. The number of benzene rings is 2. The summed E-state index contributed by atoms with van der Waals surface area (Å²) in [4.78, 5) is 2.02. The summed E-state index contributed by atoms with van der Waals surface area (Å²) in [7, 11) is 3.97. The summed E-state index contributed by atoms with van der Waals surface area (Å²) in [5, 5.41) is 6.87. The number of hydrogen-bond donors (Lipinski definition) is 1. The van der Waals surface area contributed by atoms with E-state index in [2.05, 4.69) is 10.3 Å². The molecule has 0 amide bonds. The SMILES string of the molecule is CN(C)c1cccc(/C=C/N=NN)c1OCc1ccccc1. The highest BCUT2D eigenvalue weighted by molar-refractivity contribution is 5.69. The van der Waals surface area contributed by atoms with E-state index < -0.39 is 0 Å². The lowest BCUT2D eigenvalue weighted by molar-refractivity contribution is 0.306. The van der Waals surface area contributed by atoms with Gasteiger partial charge in [0.25, 0.3) is 0 Å². The number of hydrogen-bond acceptors (Lipinski definition) is 4. The van der Waals surface area contributed by atoms with Gasteiger partial charge in [0, 0.05) is 19.7 Å². The van der Waals surface area contributed by atoms with Gasteiger partial charge in [-0.05, 0) is 17.7 Å². The Bertz CT molecular complexity index is 651. The molecule has 114 valence electrons. The highest BCUT2D eigenvalue weighted by Crippen LogP contribution is 2.32. The molecule has 0 aliphatic carbocycles. The summed E-state index contributed by atoms with van der Waals surface area (Å²) >= 11 is 0. The molecule has 2 rings (SSSR count). The average molecular weight is 296 g/mol. The topological polar surface area (TPSA) is 63.2 Å². The molecule has 0 unspecified atom stereocenters. The molecule has 22 heavy (non-hydrogen) atoms. The van der Waals surface area contributed by atoms with E-state index in [1.807, 2.05) is 73.6 Å². The van der Waals surface area contributed by atoms with Gasteiger partial charge in [-0.3, -0.25) is 0 Å². The van der Waals surface area contributed by atoms with Crippen molar-refractivity contribution in [3.63, 3.8) is 0 Å². The fourth-order valence-electron chi connectivity index (χ4n) is 2.06. The number of nitrogens with zero attached hydrogens (tertiary/aromatic N) is 3. The van der Waals surface area contributed by atoms with Crippen molar-refractivity contribution in [1.29, 1.82) is 0 Å². The van der Waals surface area contributed by atoms with Crippen LogP contribution in [-0.4, -0.2) is 14.1 Å². The Morgan fingerprint density at radius 1 is 1.09 bits per heavy atom. The van der Waals surface area contributed by atoms with Gasteiger partial charge in [0.2, 0.25) is 0 Å². The van der Waals surface area contributed by atoms with Crippen LogP contribution in [0.3, 0.4) is 0 Å². The van der Waals surface area contributed by atoms with Crippen LogP contribution in [0.25, 0.3) is 6.08 Å². The number of para-hydroxylation sites is 1. The van der Waals surface area contributed by atoms with E-state index in [9.17, 15) is 0 Å². The molecule has 0 radical (unpaired) electrons. The van der Waals surface area contributed by atoms with Crippen LogP contribution < -0.4 is 15.5 Å². The first-order valence-electron chi connectivity index (χ1n) is 6.96. The van der Waals surface area contributed by atoms with Crippen molar-refractivity contribution in [3.8, 4) is 5.75 Å². The quantitative estimate of drug-likeness (QED) is 0.503. The molecule has 0 saturated carbocycles. The highest BCUT2D eigenvalue weighted by Gasteiger charge is 2.10. The minimum atomic E-state index is 0.505. The number of nitrogens with two attached hydrogens (primary N) is 1. The molecule has 0 heterocycles. The molecule has 0 aliphatic rings. The van der Waals surface area contributed by atoms with Crippen molar-refractivity contribution in [1.82, 2.24) is 0 Å². The van der Waals surface area contributed by atoms with Crippen molar-refractivity contribution >= 4 is 11.8 Å². The van der Waals surface area contributed by atoms with Gasteiger partial charge < -0.3 is 15.5 Å². The van der Waals surface area contributed by atoms with Crippen molar-refractivity contribution in [2.45, 2.75) is 6.61 Å². The summed E-state index contributed by atoms with van der Waals surface area (Å²) in [6, 6.07) is 16.0. The number of ether oxygens (including phenoxy) is 1. The molecule has 0 spiro atoms. The summed E-state index contributed by atoms with van der Waals surface area (Å²) < 4.78 is 6.05. The zero-order chi connectivity index (χ0) is 15.8. The minimum Gasteiger partial charge on any atom is -0.486 e. The lowest BCUT2D eigenvalue weighted by Gasteiger charge is -2.19. The first kappa shape index (κ1) is 15.6. The summed E-state index contributed by atoms with van der Waals surface area (Å²) in [5.74, 6) is 5.82. The van der Waals surface area contributed by atoms with E-state index in [4.69, 9.17) is 10.6 Å². The Morgan fingerprint density at radius 3 is 2.55 bits per heavy atom. The van der Waals surface area contributed by atoms with Crippen LogP contribution in [0, 0.1) is 0 Å². The average Bonchev–Trinajstić information content (AvgIpc) is 2.54. The predicted molar refractivity (Wildman–Crippen MR) is 89.6 cm³/mol. The molecular weight excluding hydrogens is 276 g/mol. The largest absolute Gasteiger partial charge is 0.486 e. The van der Waals surface area contributed by atoms with Crippen LogP contribution in [0.15, 0.2) is 65.1 Å². The van der Waals surface area contributed by atoms with E-state index in [-0.39, 0.29) is 0 Å². The van der Waals surface area contributed by atoms with Crippen molar-refractivity contribution in [3.05, 3.63) is 65.9 Å². The fourth-order valence-corrected chi connectivity index (χ4v) is 2.06. The Kier molecular flexibility index (Phi) is 5.54. The Morgan fingerprint density at radius 2 is 1.86 bits per heavy atom. The van der Waals surface area contributed by atoms with E-state index >= 15 is 0 Å². The van der Waals surface area contributed by atoms with E-state index in [1.54, 1.807) is 6.20 Å². The van der Waals surface area contributed by atoms with Gasteiger partial charge in [-0.15, -0.1) is 5.11 Å². The molecule has 0 fully saturated rings. The second-order valence-electron chi connectivity index (χ2n) is 4.91. The van der Waals surface area contributed by atoms with Gasteiger partial charge in [-0.1, -0.05) is 47.7 Å². The monoisotopic (exact) mass is 296 g/mol. The molecular formula is C17H20N4O. The maximum absolute atomic E-state index is 6.05. The fraction of sp³-hybridized carbons (Fsp3) is 0.176. The van der Waals surface area contributed by atoms with Crippen molar-refractivity contribution < 1.29 is 4.74 Å². The van der Waals surface area contributed by atoms with Crippen LogP contribution in [0.5, 0.6) is 5.75 Å². The summed E-state index contributed by atoms with van der Waals surface area (Å²) in [5.41, 5.74) is 3.05. The third-order valence-electron chi connectivity index (χ3n) is 3.12. The van der Waals surface area contributed by atoms with E-state index in [0.717, 1.165) is 22.6 Å². The van der Waals surface area contributed by atoms with Gasteiger partial charge in [0.05, 0.1) is 11.9 Å². The summed E-state index contributed by atoms with van der Waals surface area (Å²) in [6.45, 7) is 0.505. The molecule has 5 heteroatoms. The second-order valence-corrected chi connectivity index (χ2v) is 4.91. The van der Waals surface area contributed by atoms with Crippen LogP contribution in [0.4, 0.5) is 5.69 Å². The van der Waals surface area contributed by atoms with Crippen LogP contribution >= 0.6 is 0 Å². The smallest absolute Gasteiger partial charge is 0.150 e. The molecule has 0 aliphatic heterocycles. The van der Waals surface area contributed by atoms with Crippen LogP contribution in [-0.2, 0) is 6.61 Å². The van der Waals surface area contributed by atoms with Gasteiger partial charge in [-0.2, -0.15) is 0 Å². The molecule has 2 aromatic carbocycles. The Hall–Kier alpha value is -2.82. The third-order valence-corrected chi connectivity index (χ3v) is 3.12. The second kappa shape index (κ2) is 7.83. The Labute approximate surface area is 130 Å². The zero-order valence-corrected chi connectivity index (χ0v) is 12.8. The molecule has 2 N–H and O–H groups in total. The highest BCUT2D eigenvalue weighted by atomic mass is 16.5. The number of rotatable bonds is 6. The summed E-state index contributed by atoms with van der Waals surface area (Å²) in [6.07, 6.45) is 3.37.